The van der Waals surface area contributed by atoms with Gasteiger partial charge in [-0.1, -0.05) is 18.7 Å². The highest BCUT2D eigenvalue weighted by molar-refractivity contribution is 7.46. The zero-order valence-corrected chi connectivity index (χ0v) is 20.9. The number of morpholine rings is 1. The van der Waals surface area contributed by atoms with E-state index in [-0.39, 0.29) is 17.6 Å². The van der Waals surface area contributed by atoms with Gasteiger partial charge in [0.15, 0.2) is 11.4 Å². The number of amides is 1. The largest absolute Gasteiger partial charge is 0.524 e. The summed E-state index contributed by atoms with van der Waals surface area (Å²) >= 11 is 0. The fourth-order valence-electron chi connectivity index (χ4n) is 4.04. The third-order valence-electron chi connectivity index (χ3n) is 5.68. The summed E-state index contributed by atoms with van der Waals surface area (Å²) in [7, 11) is -4.82. The van der Waals surface area contributed by atoms with E-state index in [2.05, 4.69) is 37.4 Å². The molecule has 1 amide bonds. The Labute approximate surface area is 216 Å². The summed E-state index contributed by atoms with van der Waals surface area (Å²) < 4.78 is 22.1. The van der Waals surface area contributed by atoms with Crippen LogP contribution in [0, 0.1) is 0 Å². The highest BCUT2D eigenvalue weighted by Gasteiger charge is 2.23. The average Bonchev–Trinajstić information content (AvgIpc) is 3.37. The van der Waals surface area contributed by atoms with Crippen molar-refractivity contribution in [2.45, 2.75) is 0 Å². The summed E-state index contributed by atoms with van der Waals surface area (Å²) in [6, 6.07) is 12.1. The molecule has 13 nitrogen and oxygen atoms in total. The molecule has 5 N–H and O–H groups in total. The van der Waals surface area contributed by atoms with Gasteiger partial charge >= 0.3 is 7.82 Å². The Morgan fingerprint density at radius 3 is 2.74 bits per heavy atom. The van der Waals surface area contributed by atoms with Crippen molar-refractivity contribution in [2.24, 2.45) is 0 Å². The number of nitrogens with zero attached hydrogens (tertiary/aromatic N) is 4. The first-order chi connectivity index (χ1) is 18.3. The molecule has 38 heavy (non-hydrogen) atoms. The minimum absolute atomic E-state index is 0.0127. The van der Waals surface area contributed by atoms with Gasteiger partial charge in [-0.05, 0) is 30.3 Å². The average molecular weight is 537 g/mol. The van der Waals surface area contributed by atoms with E-state index in [0.29, 0.717) is 65.7 Å². The molecule has 1 saturated heterocycles. The van der Waals surface area contributed by atoms with Crippen molar-refractivity contribution < 1.29 is 28.4 Å². The number of fused-ring (bicyclic) bond motifs is 1. The molecule has 1 aliphatic rings. The highest BCUT2D eigenvalue weighted by Crippen LogP contribution is 2.43. The smallest absolute Gasteiger partial charge is 0.402 e. The molecule has 2 aromatic heterocycles. The zero-order valence-electron chi connectivity index (χ0n) is 20.0. The van der Waals surface area contributed by atoms with E-state index < -0.39 is 7.82 Å². The predicted octanol–water partition coefficient (Wildman–Crippen LogP) is 3.20. The van der Waals surface area contributed by atoms with Gasteiger partial charge in [-0.25, -0.2) is 9.55 Å². The van der Waals surface area contributed by atoms with Crippen LogP contribution in [0.1, 0.15) is 0 Å². The quantitative estimate of drug-likeness (QED) is 0.165. The maximum Gasteiger partial charge on any atom is 0.524 e. The number of ether oxygens (including phenoxy) is 1. The number of hydrogen-bond donors (Lipinski definition) is 5. The molecule has 0 atom stereocenters. The molecular formula is C24H24N7O6P. The Bertz CT molecular complexity index is 1550. The van der Waals surface area contributed by atoms with Crippen molar-refractivity contribution in [3.8, 4) is 17.0 Å². The Morgan fingerprint density at radius 1 is 1.16 bits per heavy atom. The molecule has 0 spiro atoms. The van der Waals surface area contributed by atoms with Gasteiger partial charge < -0.3 is 24.8 Å². The van der Waals surface area contributed by atoms with Crippen LogP contribution in [0.25, 0.3) is 22.3 Å². The van der Waals surface area contributed by atoms with Crippen molar-refractivity contribution in [1.29, 1.82) is 0 Å². The van der Waals surface area contributed by atoms with Crippen molar-refractivity contribution in [2.75, 3.05) is 41.8 Å². The van der Waals surface area contributed by atoms with Gasteiger partial charge in [0.1, 0.15) is 0 Å². The van der Waals surface area contributed by atoms with Crippen molar-refractivity contribution in [3.05, 3.63) is 61.3 Å². The van der Waals surface area contributed by atoms with Crippen LogP contribution in [0.5, 0.6) is 5.75 Å². The Balaban J connectivity index is 1.50. The van der Waals surface area contributed by atoms with E-state index >= 15 is 0 Å². The Morgan fingerprint density at radius 2 is 1.97 bits per heavy atom. The number of phosphoric acid groups is 1. The fraction of sp³-hybridized carbons (Fsp3) is 0.167. The molecule has 3 heterocycles. The van der Waals surface area contributed by atoms with Crippen LogP contribution >= 0.6 is 7.82 Å². The lowest BCUT2D eigenvalue weighted by Crippen LogP contribution is -2.36. The second-order valence-corrected chi connectivity index (χ2v) is 9.45. The number of anilines is 4. The molecule has 0 radical (unpaired) electrons. The SMILES string of the molecule is C=CC(=O)Nc1cccc(-c2nc(Nc3ccc(N4CCOCC4)c(OP(=O)(O)O)c3)nc3[nH]ncc23)c1. The molecule has 14 heteroatoms. The van der Waals surface area contributed by atoms with E-state index in [1.807, 2.05) is 11.0 Å². The van der Waals surface area contributed by atoms with Gasteiger partial charge in [0.25, 0.3) is 0 Å². The van der Waals surface area contributed by atoms with Crippen LogP contribution in [0.4, 0.5) is 23.0 Å². The zero-order chi connectivity index (χ0) is 26.7. The lowest BCUT2D eigenvalue weighted by Gasteiger charge is -2.30. The second-order valence-electron chi connectivity index (χ2n) is 8.29. The van der Waals surface area contributed by atoms with E-state index in [4.69, 9.17) is 9.26 Å². The lowest BCUT2D eigenvalue weighted by molar-refractivity contribution is -0.111. The molecule has 1 aliphatic heterocycles. The first-order valence-electron chi connectivity index (χ1n) is 11.5. The van der Waals surface area contributed by atoms with Gasteiger partial charge in [-0.3, -0.25) is 19.7 Å². The van der Waals surface area contributed by atoms with Gasteiger partial charge in [-0.2, -0.15) is 10.1 Å². The number of rotatable bonds is 8. The van der Waals surface area contributed by atoms with E-state index in [0.717, 1.165) is 0 Å². The van der Waals surface area contributed by atoms with Crippen LogP contribution in [0.2, 0.25) is 0 Å². The van der Waals surface area contributed by atoms with Crippen molar-refractivity contribution >= 4 is 47.8 Å². The molecule has 0 bridgehead atoms. The van der Waals surface area contributed by atoms with Gasteiger partial charge in [0, 0.05) is 36.1 Å². The summed E-state index contributed by atoms with van der Waals surface area (Å²) in [6.07, 6.45) is 2.79. The number of H-pyrrole nitrogens is 1. The molecule has 0 saturated carbocycles. The number of carbonyl (C=O) groups excluding carboxylic acids is 1. The van der Waals surface area contributed by atoms with Crippen molar-refractivity contribution in [3.63, 3.8) is 0 Å². The van der Waals surface area contributed by atoms with E-state index in [1.165, 1.54) is 12.1 Å². The second kappa shape index (κ2) is 10.6. The molecule has 4 aromatic rings. The van der Waals surface area contributed by atoms with Crippen LogP contribution in [0.3, 0.4) is 0 Å². The number of nitrogens with one attached hydrogen (secondary N) is 3. The fourth-order valence-corrected chi connectivity index (χ4v) is 4.44. The molecule has 2 aromatic carbocycles. The van der Waals surface area contributed by atoms with E-state index in [9.17, 15) is 19.1 Å². The number of carbonyl (C=O) groups is 1. The summed E-state index contributed by atoms with van der Waals surface area (Å²) in [5, 5.41) is 13.4. The van der Waals surface area contributed by atoms with Crippen molar-refractivity contribution in [1.82, 2.24) is 20.2 Å². The molecule has 1 fully saturated rings. The molecule has 0 aliphatic carbocycles. The van der Waals surface area contributed by atoms with Gasteiger partial charge in [0.2, 0.25) is 11.9 Å². The maximum absolute atomic E-state index is 11.7. The highest BCUT2D eigenvalue weighted by atomic mass is 31.2. The van der Waals surface area contributed by atoms with Crippen LogP contribution in [-0.2, 0) is 14.1 Å². The standard InChI is InChI=1S/C24H24N7O6P/c1-2-21(32)26-16-5-3-4-15(12-16)22-18-14-25-30-23(18)29-24(28-22)27-17-6-7-19(31-8-10-36-11-9-31)20(13-17)37-38(33,34)35/h2-7,12-14H,1,8-11H2,(H,26,32)(H2,33,34,35)(H2,25,27,28,29,30). The summed E-state index contributed by atoms with van der Waals surface area (Å²) in [4.78, 5) is 41.8. The first kappa shape index (κ1) is 25.4. The molecule has 5 rings (SSSR count). The lowest BCUT2D eigenvalue weighted by atomic mass is 10.1. The Hall–Kier alpha value is -4.29. The number of aromatic nitrogens is 4. The number of phosphoric ester groups is 1. The van der Waals surface area contributed by atoms with E-state index in [1.54, 1.807) is 36.5 Å². The third kappa shape index (κ3) is 5.82. The number of hydrogen-bond acceptors (Lipinski definition) is 9. The topological polar surface area (TPSA) is 175 Å². The summed E-state index contributed by atoms with van der Waals surface area (Å²) in [6.45, 7) is 5.57. The summed E-state index contributed by atoms with van der Waals surface area (Å²) in [5.41, 5.74) is 3.27. The predicted molar refractivity (Wildman–Crippen MR) is 141 cm³/mol. The first-order valence-corrected chi connectivity index (χ1v) is 13.1. The molecule has 0 unspecified atom stereocenters. The van der Waals surface area contributed by atoms with Crippen LogP contribution in [0.15, 0.2) is 61.3 Å². The number of benzene rings is 2. The maximum atomic E-state index is 11.7. The number of aromatic amines is 1. The minimum atomic E-state index is -4.82. The van der Waals surface area contributed by atoms with Gasteiger partial charge in [0.05, 0.1) is 36.2 Å². The summed E-state index contributed by atoms with van der Waals surface area (Å²) in [5.74, 6) is -0.119. The third-order valence-corrected chi connectivity index (χ3v) is 6.12. The normalized spacial score (nSPS) is 13.8. The van der Waals surface area contributed by atoms with Crippen LogP contribution in [-0.4, -0.2) is 62.2 Å². The van der Waals surface area contributed by atoms with Crippen LogP contribution < -0.4 is 20.1 Å². The Kier molecular flexibility index (Phi) is 7.07. The molecular weight excluding hydrogens is 513 g/mol. The minimum Gasteiger partial charge on any atom is -0.402 e. The molecule has 196 valence electrons. The van der Waals surface area contributed by atoms with Gasteiger partial charge in [-0.15, -0.1) is 0 Å². The monoisotopic (exact) mass is 537 g/mol.